The first kappa shape index (κ1) is 107. The lowest BCUT2D eigenvalue weighted by atomic mass is 9.89. The second-order valence-electron chi connectivity index (χ2n) is 31.3. The third kappa shape index (κ3) is 37.1. The Hall–Kier alpha value is -8.18. The fraction of sp³-hybridized carbons (Fsp3) is 0.698. The van der Waals surface area contributed by atoms with Crippen LogP contribution in [-0.4, -0.2) is 329 Å². The van der Waals surface area contributed by atoms with E-state index in [1.54, 1.807) is 116 Å². The minimum Gasteiger partial charge on any atom is -0.445 e. The molecule has 0 aromatic heterocycles. The Morgan fingerprint density at radius 1 is 0.553 bits per heavy atom. The van der Waals surface area contributed by atoms with Gasteiger partial charge < -0.3 is 109 Å². The van der Waals surface area contributed by atoms with Gasteiger partial charge in [0.05, 0.1) is 154 Å². The molecule has 0 spiro atoms. The number of aliphatic hydroxyl groups is 1. The molecule has 2 aliphatic rings. The van der Waals surface area contributed by atoms with E-state index >= 15 is 0 Å². The number of ether oxygens (including phenoxy) is 12. The number of nitrogens with zero attached hydrogens (tertiary/aromatic N) is 4. The number of alkyl halides is 1. The van der Waals surface area contributed by atoms with Crippen molar-refractivity contribution in [3.63, 3.8) is 0 Å². The summed E-state index contributed by atoms with van der Waals surface area (Å²) >= 11 is 3.23. The molecule has 36 nitrogen and oxygen atoms in total. The maximum absolute atomic E-state index is 14.8. The Bertz CT molecular complexity index is 3580. The lowest BCUT2D eigenvalue weighted by molar-refractivity contribution is -0.148. The maximum Gasteiger partial charge on any atom is 0.410 e. The number of carbonyl (C=O) groups excluding carboxylic acids is 12. The van der Waals surface area contributed by atoms with Crippen LogP contribution in [0.5, 0.6) is 0 Å². The molecular weight excluding hydrogens is 1670 g/mol. The van der Waals surface area contributed by atoms with Gasteiger partial charge in [-0.2, -0.15) is 0 Å². The molecule has 12 atom stereocenters. The summed E-state index contributed by atoms with van der Waals surface area (Å²) in [5, 5.41) is 30.4. The Morgan fingerprint density at radius 2 is 1.07 bits per heavy atom. The van der Waals surface area contributed by atoms with Gasteiger partial charge in [0.2, 0.25) is 53.2 Å². The van der Waals surface area contributed by atoms with Crippen molar-refractivity contribution in [2.45, 2.75) is 182 Å². The molecule has 0 saturated carbocycles. The number of nitrogens with one attached hydrogen (secondary N) is 7. The van der Waals surface area contributed by atoms with Gasteiger partial charge in [-0.3, -0.25) is 62.5 Å². The van der Waals surface area contributed by atoms with E-state index in [-0.39, 0.29) is 75.5 Å². The number of likely N-dealkylation sites (N-methyl/N-ethyl adjacent to an activating group) is 2. The predicted molar refractivity (Wildman–Crippen MR) is 459 cm³/mol. The quantitative estimate of drug-likeness (QED) is 0.0263. The molecule has 12 amide bonds. The predicted octanol–water partition coefficient (Wildman–Crippen LogP) is 4.02. The second kappa shape index (κ2) is 58.9. The summed E-state index contributed by atoms with van der Waals surface area (Å²) in [5.41, 5.74) is 2.38. The molecule has 0 aliphatic carbocycles. The molecule has 0 bridgehead atoms. The molecule has 2 aromatic carbocycles. The normalized spacial score (nSPS) is 16.3. The number of benzene rings is 2. The van der Waals surface area contributed by atoms with Crippen molar-refractivity contribution in [3.8, 4) is 0 Å². The number of methoxy groups -OCH3 is 2. The van der Waals surface area contributed by atoms with Crippen molar-refractivity contribution in [1.29, 1.82) is 0 Å². The molecule has 0 radical (unpaired) electrons. The van der Waals surface area contributed by atoms with Crippen LogP contribution in [0, 0.1) is 29.6 Å². The van der Waals surface area contributed by atoms with Gasteiger partial charge in [-0.15, -0.1) is 0 Å². The van der Waals surface area contributed by atoms with E-state index in [1.165, 1.54) is 33.1 Å². The molecule has 1 saturated heterocycles. The van der Waals surface area contributed by atoms with E-state index in [4.69, 9.17) is 56.8 Å². The van der Waals surface area contributed by atoms with E-state index < -0.39 is 157 Å². The number of carbonyl (C=O) groups is 12. The van der Waals surface area contributed by atoms with Crippen molar-refractivity contribution >= 4 is 92.7 Å². The highest BCUT2D eigenvalue weighted by atomic mass is 79.9. The molecule has 2 heterocycles. The first-order valence-corrected chi connectivity index (χ1v) is 43.6. The van der Waals surface area contributed by atoms with Gasteiger partial charge in [0, 0.05) is 70.1 Å². The van der Waals surface area contributed by atoms with Crippen LogP contribution in [-0.2, 0) is 116 Å². The highest BCUT2D eigenvalue weighted by Crippen LogP contribution is 2.31. The van der Waals surface area contributed by atoms with Gasteiger partial charge >= 0.3 is 6.09 Å². The third-order valence-electron chi connectivity index (χ3n) is 21.0. The van der Waals surface area contributed by atoms with Crippen molar-refractivity contribution in [3.05, 3.63) is 76.9 Å². The highest BCUT2D eigenvalue weighted by molar-refractivity contribution is 9.09. The minimum absolute atomic E-state index is 0.0927. The minimum atomic E-state index is -1.08. The lowest BCUT2D eigenvalue weighted by Crippen LogP contribution is -2.60. The van der Waals surface area contributed by atoms with Gasteiger partial charge in [-0.1, -0.05) is 134 Å². The number of hydrogen-bond donors (Lipinski definition) is 8. The van der Waals surface area contributed by atoms with Crippen LogP contribution >= 0.6 is 15.9 Å². The van der Waals surface area contributed by atoms with Crippen LogP contribution in [0.2, 0.25) is 0 Å². The zero-order valence-electron chi connectivity index (χ0n) is 74.8. The summed E-state index contributed by atoms with van der Waals surface area (Å²) in [6, 6.07) is 9.53. The first-order chi connectivity index (χ1) is 58.8. The number of likely N-dealkylation sites (tertiary alicyclic amines) is 1. The van der Waals surface area contributed by atoms with Crippen LogP contribution in [0.4, 0.5) is 10.5 Å². The Morgan fingerprint density at radius 3 is 1.54 bits per heavy atom. The average Bonchev–Trinajstić information content (AvgIpc) is 1.69. The van der Waals surface area contributed by atoms with Crippen LogP contribution in [0.1, 0.15) is 132 Å². The van der Waals surface area contributed by atoms with E-state index in [9.17, 15) is 62.6 Å². The average molecular weight is 1810 g/mol. The summed E-state index contributed by atoms with van der Waals surface area (Å²) in [4.78, 5) is 166. The fourth-order valence-corrected chi connectivity index (χ4v) is 14.5. The zero-order valence-corrected chi connectivity index (χ0v) is 76.4. The smallest absolute Gasteiger partial charge is 0.410 e. The van der Waals surface area contributed by atoms with Crippen LogP contribution in [0.3, 0.4) is 0 Å². The Kier molecular flexibility index (Phi) is 51.3. The monoisotopic (exact) mass is 1800 g/mol. The van der Waals surface area contributed by atoms with Gasteiger partial charge in [0.25, 0.3) is 11.8 Å². The number of imide groups is 1. The van der Waals surface area contributed by atoms with Gasteiger partial charge in [0.1, 0.15) is 50.5 Å². The molecular formula is C86H138BrN11O25. The maximum atomic E-state index is 14.8. The molecule has 694 valence electrons. The van der Waals surface area contributed by atoms with Crippen molar-refractivity contribution in [2.24, 2.45) is 29.6 Å². The number of amides is 12. The number of halogens is 1. The number of aliphatic hydroxyl groups excluding tert-OH is 1. The fourth-order valence-electron chi connectivity index (χ4n) is 14.0. The zero-order chi connectivity index (χ0) is 91.1. The summed E-state index contributed by atoms with van der Waals surface area (Å²) < 4.78 is 67.0. The highest BCUT2D eigenvalue weighted by Gasteiger charge is 2.45. The van der Waals surface area contributed by atoms with Gasteiger partial charge in [0.15, 0.2) is 0 Å². The van der Waals surface area contributed by atoms with Gasteiger partial charge in [-0.05, 0) is 80.0 Å². The summed E-state index contributed by atoms with van der Waals surface area (Å²) in [7, 11) is 6.09. The molecule has 0 unspecified atom stereocenters. The van der Waals surface area contributed by atoms with Crippen molar-refractivity contribution < 1.29 is 119 Å². The third-order valence-corrected chi connectivity index (χ3v) is 21.6. The largest absolute Gasteiger partial charge is 0.445 e. The summed E-state index contributed by atoms with van der Waals surface area (Å²) in [5.74, 6) is -7.39. The van der Waals surface area contributed by atoms with E-state index in [1.807, 2.05) is 32.0 Å². The van der Waals surface area contributed by atoms with Gasteiger partial charge in [-0.25, -0.2) is 4.79 Å². The number of rotatable bonds is 63. The van der Waals surface area contributed by atoms with E-state index in [2.05, 4.69) is 53.1 Å². The molecule has 2 aromatic rings. The van der Waals surface area contributed by atoms with Crippen LogP contribution < -0.4 is 37.2 Å². The summed E-state index contributed by atoms with van der Waals surface area (Å²) in [6.45, 7) is 26.0. The Labute approximate surface area is 733 Å². The molecule has 123 heavy (non-hydrogen) atoms. The molecule has 4 rings (SSSR count). The molecule has 2 aliphatic heterocycles. The molecule has 1 fully saturated rings. The van der Waals surface area contributed by atoms with Crippen molar-refractivity contribution in [2.75, 3.05) is 184 Å². The standard InChI is InChI=1S/C86H138BrN11O25/c1-17-58(9)76(68(112-15)49-72(102)97-32-22-25-67(97)78(113-16)59(10)79(104)90-60(11)77(103)63-23-20-19-21-24-63)95(13)85(110)74(56(5)6)94-82(107)75(57(7)8)96(14)86(111)123-52-62-26-28-64(29-27-62)92-80(105)61(12)91-81(106)73(55(3)4)93-71(101)54-122-53-70(100)89-31-34-115-36-38-117-40-42-119-44-46-121-48-47-120-45-43-118-41-39-116-37-35-114-33-30-88-69(99)51-98-83(108)65(18-2)66(50-87)84(98)109/h19-21,23-24,26-29,55-61,67-68,73-78,103H,17-18,22,25,30-54H2,1-16H3,(H,88,99)(H,89,100)(H,90,104)(H,91,106)(H,92,105)(H,93,101)(H,94,107)/t58-,59+,60+,61-,67-,68+,73-,74-,75-,76-,77+,78+/m0/s1. The van der Waals surface area contributed by atoms with Crippen LogP contribution in [0.25, 0.3) is 0 Å². The Balaban J connectivity index is 1.05. The number of hydrogen-bond acceptors (Lipinski definition) is 25. The van der Waals surface area contributed by atoms with Crippen molar-refractivity contribution in [1.82, 2.24) is 51.5 Å². The van der Waals surface area contributed by atoms with E-state index in [0.29, 0.717) is 146 Å². The topological polar surface area (TPSA) is 433 Å². The van der Waals surface area contributed by atoms with E-state index in [0.717, 1.165) is 4.90 Å². The first-order valence-electron chi connectivity index (χ1n) is 42.5. The number of anilines is 1. The molecule has 37 heteroatoms. The SMILES string of the molecule is CCC1=C(CBr)C(=O)N(CC(=O)NCCOCCOCCOCCOCCOCCOCCOCCOCCNC(=O)COCC(=O)N[C@H](C(=O)N[C@@H](C)C(=O)Nc2ccc(COC(=O)N(C)[C@H](C(=O)N[C@H](C(=O)N(C)[C@@H]([C@@H](C)CC)[C@@H](CC(=O)N3CCC[C@H]3[C@H](OC)[C@@H](C)C(=O)N[C@H](C)[C@@H](O)c3ccccc3)OC)C(C)C)C(C)C)cc2)C(C)C)C1=O. The second-order valence-corrected chi connectivity index (χ2v) is 31.8. The summed E-state index contributed by atoms with van der Waals surface area (Å²) in [6.07, 6.45) is -1.00. The molecule has 8 N–H and O–H groups in total. The lowest BCUT2D eigenvalue weighted by Gasteiger charge is -2.41. The van der Waals surface area contributed by atoms with Crippen LogP contribution in [0.15, 0.2) is 65.7 Å².